The lowest BCUT2D eigenvalue weighted by Gasteiger charge is -1.98. The van der Waals surface area contributed by atoms with E-state index in [-0.39, 0.29) is 0 Å². The van der Waals surface area contributed by atoms with Gasteiger partial charge in [-0.3, -0.25) is 0 Å². The minimum atomic E-state index is 0.798. The zero-order chi connectivity index (χ0) is 12.5. The second kappa shape index (κ2) is 4.71. The SMILES string of the molecule is Nc1ccc(Cc2nc3cc(Br)ccc3s2)cc1. The van der Waals surface area contributed by atoms with Gasteiger partial charge in [-0.2, -0.15) is 0 Å². The molecular formula is C14H11BrN2S. The molecule has 3 aromatic rings. The number of anilines is 1. The van der Waals surface area contributed by atoms with Gasteiger partial charge >= 0.3 is 0 Å². The predicted octanol–water partition coefficient (Wildman–Crippen LogP) is 4.23. The van der Waals surface area contributed by atoms with Gasteiger partial charge in [0, 0.05) is 16.6 Å². The lowest BCUT2D eigenvalue weighted by atomic mass is 10.1. The average Bonchev–Trinajstić information content (AvgIpc) is 2.73. The van der Waals surface area contributed by atoms with Gasteiger partial charge in [-0.05, 0) is 35.9 Å². The van der Waals surface area contributed by atoms with Crippen molar-refractivity contribution < 1.29 is 0 Å². The summed E-state index contributed by atoms with van der Waals surface area (Å²) in [6.45, 7) is 0. The maximum atomic E-state index is 5.68. The van der Waals surface area contributed by atoms with Crippen LogP contribution in [-0.4, -0.2) is 4.98 Å². The fraction of sp³-hybridized carbons (Fsp3) is 0.0714. The summed E-state index contributed by atoms with van der Waals surface area (Å²) in [5.41, 5.74) is 8.77. The van der Waals surface area contributed by atoms with Gasteiger partial charge < -0.3 is 5.73 Å². The summed E-state index contributed by atoms with van der Waals surface area (Å²) in [6, 6.07) is 14.2. The molecule has 1 aromatic heterocycles. The molecule has 18 heavy (non-hydrogen) atoms. The second-order valence-corrected chi connectivity index (χ2v) is 6.17. The highest BCUT2D eigenvalue weighted by atomic mass is 79.9. The molecule has 0 aliphatic heterocycles. The molecule has 1 heterocycles. The van der Waals surface area contributed by atoms with E-state index in [1.807, 2.05) is 18.2 Å². The lowest BCUT2D eigenvalue weighted by Crippen LogP contribution is -1.88. The van der Waals surface area contributed by atoms with Crippen molar-refractivity contribution in [1.29, 1.82) is 0 Å². The van der Waals surface area contributed by atoms with Crippen molar-refractivity contribution in [2.24, 2.45) is 0 Å². The molecule has 3 rings (SSSR count). The highest BCUT2D eigenvalue weighted by Gasteiger charge is 2.05. The quantitative estimate of drug-likeness (QED) is 0.718. The molecule has 0 radical (unpaired) electrons. The van der Waals surface area contributed by atoms with Crippen molar-refractivity contribution in [2.45, 2.75) is 6.42 Å². The molecule has 4 heteroatoms. The molecule has 0 bridgehead atoms. The van der Waals surface area contributed by atoms with Crippen LogP contribution in [0.3, 0.4) is 0 Å². The first kappa shape index (κ1) is 11.7. The van der Waals surface area contributed by atoms with E-state index < -0.39 is 0 Å². The number of rotatable bonds is 2. The van der Waals surface area contributed by atoms with E-state index in [2.05, 4.69) is 45.2 Å². The number of hydrogen-bond donors (Lipinski definition) is 1. The monoisotopic (exact) mass is 318 g/mol. The first-order valence-corrected chi connectivity index (χ1v) is 7.21. The molecule has 2 nitrogen and oxygen atoms in total. The summed E-state index contributed by atoms with van der Waals surface area (Å²) >= 11 is 5.21. The number of aromatic nitrogens is 1. The summed E-state index contributed by atoms with van der Waals surface area (Å²) in [6.07, 6.45) is 0.858. The summed E-state index contributed by atoms with van der Waals surface area (Å²) in [4.78, 5) is 4.65. The number of nitrogens with zero attached hydrogens (tertiary/aromatic N) is 1. The van der Waals surface area contributed by atoms with Gasteiger partial charge in [-0.25, -0.2) is 4.98 Å². The second-order valence-electron chi connectivity index (χ2n) is 4.14. The van der Waals surface area contributed by atoms with Crippen LogP contribution in [0.2, 0.25) is 0 Å². The largest absolute Gasteiger partial charge is 0.399 e. The summed E-state index contributed by atoms with van der Waals surface area (Å²) in [5, 5.41) is 1.13. The minimum Gasteiger partial charge on any atom is -0.399 e. The van der Waals surface area contributed by atoms with E-state index in [4.69, 9.17) is 5.73 Å². The van der Waals surface area contributed by atoms with Crippen LogP contribution < -0.4 is 5.73 Å². The van der Waals surface area contributed by atoms with Crippen LogP contribution in [-0.2, 0) is 6.42 Å². The Morgan fingerprint density at radius 3 is 2.67 bits per heavy atom. The number of hydrogen-bond acceptors (Lipinski definition) is 3. The third-order valence-corrected chi connectivity index (χ3v) is 4.26. The normalized spacial score (nSPS) is 10.9. The molecule has 2 aromatic carbocycles. The first-order chi connectivity index (χ1) is 8.70. The Balaban J connectivity index is 1.92. The van der Waals surface area contributed by atoms with E-state index in [0.717, 1.165) is 27.1 Å². The zero-order valence-corrected chi connectivity index (χ0v) is 12.0. The van der Waals surface area contributed by atoms with Crippen molar-refractivity contribution >= 4 is 43.2 Å². The molecule has 0 spiro atoms. The number of benzene rings is 2. The van der Waals surface area contributed by atoms with Crippen LogP contribution in [0.25, 0.3) is 10.2 Å². The molecule has 0 saturated heterocycles. The fourth-order valence-electron chi connectivity index (χ4n) is 1.83. The van der Waals surface area contributed by atoms with Crippen molar-refractivity contribution in [1.82, 2.24) is 4.98 Å². The van der Waals surface area contributed by atoms with Crippen LogP contribution in [0.5, 0.6) is 0 Å². The molecule has 0 saturated carbocycles. The Labute approximate surface area is 118 Å². The molecule has 0 atom stereocenters. The van der Waals surface area contributed by atoms with Gasteiger partial charge in [0.2, 0.25) is 0 Å². The zero-order valence-electron chi connectivity index (χ0n) is 9.56. The number of halogens is 1. The van der Waals surface area contributed by atoms with Gasteiger partial charge in [-0.1, -0.05) is 28.1 Å². The van der Waals surface area contributed by atoms with Crippen molar-refractivity contribution in [3.8, 4) is 0 Å². The molecule has 0 aliphatic carbocycles. The number of nitrogens with two attached hydrogens (primary N) is 1. The van der Waals surface area contributed by atoms with Crippen LogP contribution in [0.1, 0.15) is 10.6 Å². The maximum absolute atomic E-state index is 5.68. The van der Waals surface area contributed by atoms with Gasteiger partial charge in [0.1, 0.15) is 0 Å². The van der Waals surface area contributed by atoms with Crippen LogP contribution in [0.4, 0.5) is 5.69 Å². The molecule has 0 aliphatic rings. The Kier molecular flexibility index (Phi) is 3.06. The minimum absolute atomic E-state index is 0.798. The third kappa shape index (κ3) is 2.40. The first-order valence-electron chi connectivity index (χ1n) is 5.60. The van der Waals surface area contributed by atoms with Crippen molar-refractivity contribution in [3.63, 3.8) is 0 Å². The van der Waals surface area contributed by atoms with Gasteiger partial charge in [0.25, 0.3) is 0 Å². The van der Waals surface area contributed by atoms with Crippen LogP contribution in [0.15, 0.2) is 46.9 Å². The Morgan fingerprint density at radius 1 is 1.11 bits per heavy atom. The topological polar surface area (TPSA) is 38.9 Å². The molecule has 0 fully saturated rings. The summed E-state index contributed by atoms with van der Waals surface area (Å²) in [5.74, 6) is 0. The van der Waals surface area contributed by atoms with Crippen LogP contribution in [0, 0.1) is 0 Å². The predicted molar refractivity (Wildman–Crippen MR) is 81.0 cm³/mol. The highest BCUT2D eigenvalue weighted by molar-refractivity contribution is 9.10. The van der Waals surface area contributed by atoms with E-state index >= 15 is 0 Å². The van der Waals surface area contributed by atoms with Gasteiger partial charge in [-0.15, -0.1) is 11.3 Å². The van der Waals surface area contributed by atoms with Crippen molar-refractivity contribution in [2.75, 3.05) is 5.73 Å². The maximum Gasteiger partial charge on any atom is 0.0982 e. The van der Waals surface area contributed by atoms with Gasteiger partial charge in [0.15, 0.2) is 0 Å². The summed E-state index contributed by atoms with van der Waals surface area (Å²) in [7, 11) is 0. The molecule has 2 N–H and O–H groups in total. The summed E-state index contributed by atoms with van der Waals surface area (Å²) < 4.78 is 2.29. The lowest BCUT2D eigenvalue weighted by molar-refractivity contribution is 1.16. The van der Waals surface area contributed by atoms with E-state index in [0.29, 0.717) is 0 Å². The molecular weight excluding hydrogens is 308 g/mol. The van der Waals surface area contributed by atoms with E-state index in [1.54, 1.807) is 11.3 Å². The van der Waals surface area contributed by atoms with E-state index in [9.17, 15) is 0 Å². The molecule has 0 amide bonds. The molecule has 90 valence electrons. The third-order valence-electron chi connectivity index (χ3n) is 2.73. The number of thiazole rings is 1. The standard InChI is InChI=1S/C14H11BrN2S/c15-10-3-6-13-12(8-10)17-14(18-13)7-9-1-4-11(16)5-2-9/h1-6,8H,7,16H2. The highest BCUT2D eigenvalue weighted by Crippen LogP contribution is 2.26. The van der Waals surface area contributed by atoms with Gasteiger partial charge in [0.05, 0.1) is 15.2 Å². The Morgan fingerprint density at radius 2 is 1.89 bits per heavy atom. The number of fused-ring (bicyclic) bond motifs is 1. The number of nitrogen functional groups attached to an aromatic ring is 1. The van der Waals surface area contributed by atoms with E-state index in [1.165, 1.54) is 10.3 Å². The van der Waals surface area contributed by atoms with Crippen LogP contribution >= 0.6 is 27.3 Å². The van der Waals surface area contributed by atoms with Crippen molar-refractivity contribution in [3.05, 3.63) is 57.5 Å². The molecule has 0 unspecified atom stereocenters. The Bertz CT molecular complexity index is 689. The smallest absolute Gasteiger partial charge is 0.0982 e. The average molecular weight is 319 g/mol. The Hall–Kier alpha value is -1.39. The fourth-order valence-corrected chi connectivity index (χ4v) is 3.16.